The number of nitrogens with one attached hydrogen (secondary N) is 1. The summed E-state index contributed by atoms with van der Waals surface area (Å²) in [5, 5.41) is 4.23. The van der Waals surface area contributed by atoms with Gasteiger partial charge in [-0.05, 0) is 57.4 Å². The molecule has 1 saturated carbocycles. The maximum atomic E-state index is 13.7. The van der Waals surface area contributed by atoms with Crippen LogP contribution in [0.15, 0.2) is 34.5 Å². The lowest BCUT2D eigenvalue weighted by atomic mass is 10.1. The number of hydrogen-bond acceptors (Lipinski definition) is 9. The Morgan fingerprint density at radius 2 is 1.89 bits per heavy atom. The van der Waals surface area contributed by atoms with Crippen LogP contribution in [0.2, 0.25) is 0 Å². The van der Waals surface area contributed by atoms with Crippen LogP contribution in [0.25, 0.3) is 22.6 Å². The van der Waals surface area contributed by atoms with E-state index in [0.717, 1.165) is 52.6 Å². The van der Waals surface area contributed by atoms with Crippen molar-refractivity contribution in [1.82, 2.24) is 34.5 Å². The van der Waals surface area contributed by atoms with Gasteiger partial charge in [-0.1, -0.05) is 19.9 Å². The van der Waals surface area contributed by atoms with Crippen molar-refractivity contribution in [2.24, 2.45) is 0 Å². The summed E-state index contributed by atoms with van der Waals surface area (Å²) in [4.78, 5) is 41.6. The average molecular weight is 517 g/mol. The molecule has 0 amide bonds. The van der Waals surface area contributed by atoms with Gasteiger partial charge < -0.3 is 5.32 Å². The van der Waals surface area contributed by atoms with Crippen molar-refractivity contribution in [3.63, 3.8) is 0 Å². The number of fused-ring (bicyclic) bond motifs is 1. The number of rotatable bonds is 9. The molecule has 0 radical (unpaired) electrons. The van der Waals surface area contributed by atoms with Gasteiger partial charge in [0.1, 0.15) is 11.8 Å². The van der Waals surface area contributed by atoms with Crippen LogP contribution in [0.5, 0.6) is 0 Å². The second-order valence-corrected chi connectivity index (χ2v) is 10.8. The molecule has 5 rings (SSSR count). The Labute approximate surface area is 220 Å². The van der Waals surface area contributed by atoms with Crippen molar-refractivity contribution >= 4 is 28.7 Å². The molecule has 1 fully saturated rings. The molecule has 1 aliphatic rings. The number of aromatic nitrogens is 7. The van der Waals surface area contributed by atoms with Crippen LogP contribution in [-0.2, 0) is 6.54 Å². The standard InChI is InChI=1S/C27H32N8OS/c1-6-15(3)35-26-22(33-25(27(35)36)29-13-18-8-11-20(28-12-18)37-7-2)17(5)32-24(34-26)21-16(4)30-14-31-23(21)19-9-10-19/h8,11-12,14-15,19H,6-7,9-10,13H2,1-5H3,(H,29,33). The van der Waals surface area contributed by atoms with Crippen LogP contribution < -0.4 is 10.9 Å². The van der Waals surface area contributed by atoms with Crippen molar-refractivity contribution in [2.45, 2.75) is 77.4 Å². The minimum absolute atomic E-state index is 0.0660. The highest BCUT2D eigenvalue weighted by atomic mass is 32.2. The zero-order chi connectivity index (χ0) is 26.1. The van der Waals surface area contributed by atoms with E-state index in [1.807, 2.05) is 39.1 Å². The van der Waals surface area contributed by atoms with Gasteiger partial charge in [0.05, 0.1) is 27.7 Å². The summed E-state index contributed by atoms with van der Waals surface area (Å²) in [6.45, 7) is 10.5. The Kier molecular flexibility index (Phi) is 7.19. The maximum Gasteiger partial charge on any atom is 0.295 e. The highest BCUT2D eigenvalue weighted by molar-refractivity contribution is 7.99. The second-order valence-electron chi connectivity index (χ2n) is 9.48. The van der Waals surface area contributed by atoms with E-state index >= 15 is 0 Å². The molecule has 4 aromatic heterocycles. The van der Waals surface area contributed by atoms with Gasteiger partial charge in [0.15, 0.2) is 17.3 Å². The molecule has 9 nitrogen and oxygen atoms in total. The molecule has 4 heterocycles. The lowest BCUT2D eigenvalue weighted by Crippen LogP contribution is -2.29. The van der Waals surface area contributed by atoms with E-state index in [0.29, 0.717) is 35.1 Å². The Hall–Kier alpha value is -3.40. The van der Waals surface area contributed by atoms with Gasteiger partial charge in [0.25, 0.3) is 5.56 Å². The summed E-state index contributed by atoms with van der Waals surface area (Å²) in [7, 11) is 0. The lowest BCUT2D eigenvalue weighted by molar-refractivity contribution is 0.526. The number of hydrogen-bond donors (Lipinski definition) is 1. The van der Waals surface area contributed by atoms with Crippen LogP contribution in [-0.4, -0.2) is 40.2 Å². The summed E-state index contributed by atoms with van der Waals surface area (Å²) in [5.41, 5.74) is 5.36. The summed E-state index contributed by atoms with van der Waals surface area (Å²) in [6, 6.07) is 3.96. The molecule has 192 valence electrons. The summed E-state index contributed by atoms with van der Waals surface area (Å²) < 4.78 is 1.75. The topological polar surface area (TPSA) is 111 Å². The Morgan fingerprint density at radius 1 is 1.08 bits per heavy atom. The van der Waals surface area contributed by atoms with Crippen LogP contribution in [0.4, 0.5) is 5.82 Å². The van der Waals surface area contributed by atoms with E-state index in [-0.39, 0.29) is 17.4 Å². The molecule has 0 bridgehead atoms. The summed E-state index contributed by atoms with van der Waals surface area (Å²) >= 11 is 1.70. The van der Waals surface area contributed by atoms with E-state index in [9.17, 15) is 4.79 Å². The molecule has 10 heteroatoms. The van der Waals surface area contributed by atoms with Crippen molar-refractivity contribution in [3.05, 3.63) is 57.7 Å². The van der Waals surface area contributed by atoms with Crippen molar-refractivity contribution in [1.29, 1.82) is 0 Å². The first-order valence-corrected chi connectivity index (χ1v) is 13.8. The van der Waals surface area contributed by atoms with Crippen LogP contribution in [0, 0.1) is 13.8 Å². The smallest absolute Gasteiger partial charge is 0.295 e. The molecular formula is C27H32N8OS. The highest BCUT2D eigenvalue weighted by Gasteiger charge is 2.30. The van der Waals surface area contributed by atoms with E-state index in [1.165, 1.54) is 0 Å². The predicted molar refractivity (Wildman–Crippen MR) is 147 cm³/mol. The molecule has 1 aliphatic carbocycles. The zero-order valence-corrected chi connectivity index (χ0v) is 22.8. The van der Waals surface area contributed by atoms with Crippen LogP contribution in [0.3, 0.4) is 0 Å². The summed E-state index contributed by atoms with van der Waals surface area (Å²) in [6.07, 6.45) is 6.44. The molecule has 0 spiro atoms. The predicted octanol–water partition coefficient (Wildman–Crippen LogP) is 5.23. The minimum Gasteiger partial charge on any atom is -0.361 e. The lowest BCUT2D eigenvalue weighted by Gasteiger charge is -2.19. The molecule has 0 saturated heterocycles. The van der Waals surface area contributed by atoms with Gasteiger partial charge in [-0.3, -0.25) is 9.36 Å². The number of thioether (sulfide) groups is 1. The highest BCUT2D eigenvalue weighted by Crippen LogP contribution is 2.43. The molecule has 0 aliphatic heterocycles. The zero-order valence-electron chi connectivity index (χ0n) is 21.9. The Bertz CT molecular complexity index is 1500. The third-order valence-electron chi connectivity index (χ3n) is 6.75. The Morgan fingerprint density at radius 3 is 2.57 bits per heavy atom. The number of pyridine rings is 1. The van der Waals surface area contributed by atoms with Crippen molar-refractivity contribution in [2.75, 3.05) is 11.1 Å². The van der Waals surface area contributed by atoms with Gasteiger partial charge in [-0.25, -0.2) is 29.9 Å². The molecule has 37 heavy (non-hydrogen) atoms. The van der Waals surface area contributed by atoms with Crippen molar-refractivity contribution in [3.8, 4) is 11.4 Å². The quantitative estimate of drug-likeness (QED) is 0.299. The fraction of sp³-hybridized carbons (Fsp3) is 0.444. The van der Waals surface area contributed by atoms with E-state index < -0.39 is 0 Å². The minimum atomic E-state index is -0.194. The van der Waals surface area contributed by atoms with Gasteiger partial charge >= 0.3 is 0 Å². The fourth-order valence-corrected chi connectivity index (χ4v) is 5.00. The molecule has 1 unspecified atom stereocenters. The van der Waals surface area contributed by atoms with E-state index in [2.05, 4.69) is 34.1 Å². The first kappa shape index (κ1) is 25.3. The molecule has 4 aromatic rings. The number of aryl methyl sites for hydroxylation is 2. The van der Waals surface area contributed by atoms with Gasteiger partial charge in [-0.15, -0.1) is 11.8 Å². The first-order valence-electron chi connectivity index (χ1n) is 12.9. The maximum absolute atomic E-state index is 13.7. The van der Waals surface area contributed by atoms with Gasteiger partial charge in [-0.2, -0.15) is 0 Å². The SMILES string of the molecule is CCSc1ccc(CNc2nc3c(C)nc(-c4c(C)ncnc4C4CC4)nc3n(C(C)CC)c2=O)cn1. The monoisotopic (exact) mass is 516 g/mol. The number of nitrogens with zero attached hydrogens (tertiary/aromatic N) is 7. The third-order valence-corrected chi connectivity index (χ3v) is 7.57. The molecular weight excluding hydrogens is 484 g/mol. The van der Waals surface area contributed by atoms with Gasteiger partial charge in [0.2, 0.25) is 0 Å². The molecule has 1 atom stereocenters. The van der Waals surface area contributed by atoms with E-state index in [1.54, 1.807) is 22.7 Å². The van der Waals surface area contributed by atoms with Crippen LogP contribution >= 0.6 is 11.8 Å². The second kappa shape index (κ2) is 10.5. The largest absolute Gasteiger partial charge is 0.361 e. The third kappa shape index (κ3) is 5.07. The first-order chi connectivity index (χ1) is 17.9. The normalized spacial score (nSPS) is 14.2. The van der Waals surface area contributed by atoms with Crippen molar-refractivity contribution < 1.29 is 0 Å². The Balaban J connectivity index is 1.59. The van der Waals surface area contributed by atoms with E-state index in [4.69, 9.17) is 15.0 Å². The van der Waals surface area contributed by atoms with Gasteiger partial charge in [0, 0.05) is 24.7 Å². The average Bonchev–Trinajstić information content (AvgIpc) is 3.74. The fourth-order valence-electron chi connectivity index (χ4n) is 4.41. The summed E-state index contributed by atoms with van der Waals surface area (Å²) in [5.74, 6) is 2.24. The molecule has 0 aromatic carbocycles. The molecule has 1 N–H and O–H groups in total. The van der Waals surface area contributed by atoms with Crippen LogP contribution in [0.1, 0.15) is 74.6 Å². The number of anilines is 1.